The van der Waals surface area contributed by atoms with E-state index in [0.717, 1.165) is 16.6 Å². The Kier molecular flexibility index (Phi) is 5.78. The maximum absolute atomic E-state index is 12.6. The maximum Gasteiger partial charge on any atom is 0.251 e. The smallest absolute Gasteiger partial charge is 0.251 e. The molecule has 1 fully saturated rings. The number of carbonyl (C=O) groups excluding carboxylic acids is 1. The number of aromatic nitrogens is 2. The van der Waals surface area contributed by atoms with Crippen molar-refractivity contribution in [1.82, 2.24) is 15.3 Å². The van der Waals surface area contributed by atoms with E-state index in [9.17, 15) is 9.90 Å². The summed E-state index contributed by atoms with van der Waals surface area (Å²) in [6.45, 7) is 2.06. The van der Waals surface area contributed by atoms with Gasteiger partial charge < -0.3 is 25.8 Å². The van der Waals surface area contributed by atoms with E-state index < -0.39 is 5.60 Å². The van der Waals surface area contributed by atoms with Gasteiger partial charge in [0.2, 0.25) is 0 Å². The molecule has 0 radical (unpaired) electrons. The molecule has 1 aliphatic rings. The van der Waals surface area contributed by atoms with Crippen molar-refractivity contribution in [2.45, 2.75) is 12.0 Å². The van der Waals surface area contributed by atoms with Crippen LogP contribution in [0.2, 0.25) is 0 Å². The van der Waals surface area contributed by atoms with Crippen molar-refractivity contribution in [1.29, 1.82) is 0 Å². The van der Waals surface area contributed by atoms with Gasteiger partial charge in [0.05, 0.1) is 5.52 Å². The number of β-amino-alcohol motifs (C(OH)–C–C–N with tert-alkyl or cyclic N) is 1. The first kappa shape index (κ1) is 20.1. The van der Waals surface area contributed by atoms with Crippen LogP contribution in [0.15, 0.2) is 55.0 Å². The Labute approximate surface area is 174 Å². The second kappa shape index (κ2) is 8.64. The van der Waals surface area contributed by atoms with E-state index in [1.807, 2.05) is 12.1 Å². The van der Waals surface area contributed by atoms with Crippen molar-refractivity contribution in [3.63, 3.8) is 0 Å². The molecule has 1 aliphatic heterocycles. The summed E-state index contributed by atoms with van der Waals surface area (Å²) in [6, 6.07) is 10.7. The highest BCUT2D eigenvalue weighted by molar-refractivity contribution is 5.94. The van der Waals surface area contributed by atoms with Gasteiger partial charge in [-0.25, -0.2) is 0 Å². The van der Waals surface area contributed by atoms with Crippen LogP contribution < -0.4 is 20.7 Å². The summed E-state index contributed by atoms with van der Waals surface area (Å²) in [6.07, 6.45) is 5.81. The van der Waals surface area contributed by atoms with Gasteiger partial charge in [-0.05, 0) is 36.8 Å². The van der Waals surface area contributed by atoms with E-state index in [-0.39, 0.29) is 12.5 Å². The van der Waals surface area contributed by atoms with E-state index in [1.54, 1.807) is 42.9 Å². The van der Waals surface area contributed by atoms with Gasteiger partial charge in [-0.15, -0.1) is 0 Å². The molecule has 4 rings (SSSR count). The van der Waals surface area contributed by atoms with Crippen molar-refractivity contribution >= 4 is 22.5 Å². The second-order valence-corrected chi connectivity index (χ2v) is 7.47. The Hall–Kier alpha value is -3.23. The Bertz CT molecular complexity index is 1040. The van der Waals surface area contributed by atoms with Crippen LogP contribution in [-0.4, -0.2) is 59.4 Å². The third kappa shape index (κ3) is 4.34. The van der Waals surface area contributed by atoms with Gasteiger partial charge in [0, 0.05) is 61.4 Å². The summed E-state index contributed by atoms with van der Waals surface area (Å²) in [5.41, 5.74) is 6.77. The van der Waals surface area contributed by atoms with Crippen LogP contribution in [0.4, 0.5) is 5.69 Å². The summed E-state index contributed by atoms with van der Waals surface area (Å²) in [5.74, 6) is 0.343. The van der Waals surface area contributed by atoms with Crippen LogP contribution in [0.3, 0.4) is 0 Å². The van der Waals surface area contributed by atoms with Crippen molar-refractivity contribution in [3.05, 3.63) is 60.6 Å². The Morgan fingerprint density at radius 2 is 2.20 bits per heavy atom. The third-order valence-electron chi connectivity index (χ3n) is 5.25. The number of benzene rings is 1. The standard InChI is InChI=1S/C22H25N5O3/c23-7-11-30-17-3-1-2-16(12-17)21(28)26-14-22(29)6-10-27(15-22)20-5-9-25-19-4-8-24-13-18(19)20/h1-5,8-9,12-13,29H,6-7,10-11,14-15,23H2,(H,26,28)/t22-/m1/s1. The normalized spacial score (nSPS) is 18.5. The molecule has 4 N–H and O–H groups in total. The summed E-state index contributed by atoms with van der Waals surface area (Å²) < 4.78 is 5.47. The molecule has 0 aliphatic carbocycles. The number of amides is 1. The lowest BCUT2D eigenvalue weighted by Gasteiger charge is -2.25. The molecule has 0 saturated carbocycles. The molecule has 0 bridgehead atoms. The lowest BCUT2D eigenvalue weighted by atomic mass is 10.0. The maximum atomic E-state index is 12.6. The molecule has 156 valence electrons. The number of carbonyl (C=O) groups is 1. The molecular weight excluding hydrogens is 382 g/mol. The largest absolute Gasteiger partial charge is 0.492 e. The molecule has 1 aromatic carbocycles. The number of rotatable bonds is 7. The number of nitrogens with one attached hydrogen (secondary N) is 1. The van der Waals surface area contributed by atoms with E-state index in [0.29, 0.717) is 44.0 Å². The van der Waals surface area contributed by atoms with E-state index in [2.05, 4.69) is 20.2 Å². The van der Waals surface area contributed by atoms with Gasteiger partial charge in [0.1, 0.15) is 18.0 Å². The van der Waals surface area contributed by atoms with Gasteiger partial charge in [0.25, 0.3) is 5.91 Å². The molecule has 1 atom stereocenters. The highest BCUT2D eigenvalue weighted by atomic mass is 16.5. The van der Waals surface area contributed by atoms with Crippen molar-refractivity contribution in [3.8, 4) is 5.75 Å². The third-order valence-corrected chi connectivity index (χ3v) is 5.25. The molecular formula is C22H25N5O3. The van der Waals surface area contributed by atoms with Crippen LogP contribution in [0.5, 0.6) is 5.75 Å². The first-order valence-electron chi connectivity index (χ1n) is 9.95. The molecule has 0 spiro atoms. The number of hydrogen-bond acceptors (Lipinski definition) is 7. The SMILES string of the molecule is NCCOc1cccc(C(=O)NC[C@]2(O)CCN(c3ccnc4ccncc34)C2)c1. The number of aliphatic hydroxyl groups is 1. The fourth-order valence-corrected chi connectivity index (χ4v) is 3.71. The van der Waals surface area contributed by atoms with Gasteiger partial charge in [-0.1, -0.05) is 6.07 Å². The van der Waals surface area contributed by atoms with E-state index in [1.165, 1.54) is 0 Å². The van der Waals surface area contributed by atoms with Gasteiger partial charge in [-0.2, -0.15) is 0 Å². The van der Waals surface area contributed by atoms with E-state index in [4.69, 9.17) is 10.5 Å². The number of nitrogens with two attached hydrogens (primary N) is 1. The molecule has 8 nitrogen and oxygen atoms in total. The monoisotopic (exact) mass is 407 g/mol. The zero-order valence-corrected chi connectivity index (χ0v) is 16.6. The number of pyridine rings is 2. The topological polar surface area (TPSA) is 114 Å². The highest BCUT2D eigenvalue weighted by Gasteiger charge is 2.37. The average molecular weight is 407 g/mol. The summed E-state index contributed by atoms with van der Waals surface area (Å²) in [5, 5.41) is 14.8. The molecule has 3 heterocycles. The molecule has 0 unspecified atom stereocenters. The van der Waals surface area contributed by atoms with Crippen LogP contribution >= 0.6 is 0 Å². The van der Waals surface area contributed by atoms with Crippen molar-refractivity contribution < 1.29 is 14.6 Å². The zero-order chi connectivity index (χ0) is 21.0. The summed E-state index contributed by atoms with van der Waals surface area (Å²) in [7, 11) is 0. The number of nitrogens with zero attached hydrogens (tertiary/aromatic N) is 3. The van der Waals surface area contributed by atoms with Gasteiger partial charge >= 0.3 is 0 Å². The van der Waals surface area contributed by atoms with Crippen LogP contribution in [-0.2, 0) is 0 Å². The molecule has 8 heteroatoms. The fourth-order valence-electron chi connectivity index (χ4n) is 3.71. The molecule has 1 saturated heterocycles. The minimum atomic E-state index is -1.01. The first-order chi connectivity index (χ1) is 14.6. The van der Waals surface area contributed by atoms with Crippen molar-refractivity contribution in [2.75, 3.05) is 37.7 Å². The minimum absolute atomic E-state index is 0.164. The Morgan fingerprint density at radius 3 is 3.07 bits per heavy atom. The number of anilines is 1. The lowest BCUT2D eigenvalue weighted by Crippen LogP contribution is -2.45. The van der Waals surface area contributed by atoms with Crippen LogP contribution in [0.25, 0.3) is 10.9 Å². The van der Waals surface area contributed by atoms with Gasteiger partial charge in [0.15, 0.2) is 0 Å². The van der Waals surface area contributed by atoms with Crippen molar-refractivity contribution in [2.24, 2.45) is 5.73 Å². The number of hydrogen-bond donors (Lipinski definition) is 3. The zero-order valence-electron chi connectivity index (χ0n) is 16.6. The van der Waals surface area contributed by atoms with Crippen LogP contribution in [0.1, 0.15) is 16.8 Å². The predicted molar refractivity (Wildman–Crippen MR) is 115 cm³/mol. The molecule has 2 aromatic heterocycles. The number of fused-ring (bicyclic) bond motifs is 1. The number of ether oxygens (including phenoxy) is 1. The average Bonchev–Trinajstić information content (AvgIpc) is 3.18. The summed E-state index contributed by atoms with van der Waals surface area (Å²) >= 11 is 0. The highest BCUT2D eigenvalue weighted by Crippen LogP contribution is 2.31. The summed E-state index contributed by atoms with van der Waals surface area (Å²) in [4.78, 5) is 23.2. The Balaban J connectivity index is 1.40. The molecule has 30 heavy (non-hydrogen) atoms. The second-order valence-electron chi connectivity index (χ2n) is 7.47. The van der Waals surface area contributed by atoms with Gasteiger partial charge in [-0.3, -0.25) is 14.8 Å². The van der Waals surface area contributed by atoms with E-state index >= 15 is 0 Å². The predicted octanol–water partition coefficient (Wildman–Crippen LogP) is 1.34. The first-order valence-corrected chi connectivity index (χ1v) is 9.95. The molecule has 3 aromatic rings. The van der Waals surface area contributed by atoms with Crippen LogP contribution in [0, 0.1) is 0 Å². The molecule has 1 amide bonds. The lowest BCUT2D eigenvalue weighted by molar-refractivity contribution is 0.0576. The Morgan fingerprint density at radius 1 is 1.30 bits per heavy atom. The fraction of sp³-hybridized carbons (Fsp3) is 0.318. The minimum Gasteiger partial charge on any atom is -0.492 e. The quantitative estimate of drug-likeness (QED) is 0.542.